The monoisotopic (exact) mass is 330 g/mol. The van der Waals surface area contributed by atoms with Gasteiger partial charge in [0.25, 0.3) is 5.91 Å². The Morgan fingerprint density at radius 2 is 2.05 bits per heavy atom. The van der Waals surface area contributed by atoms with E-state index in [1.54, 1.807) is 0 Å². The van der Waals surface area contributed by atoms with Crippen LogP contribution in [0.25, 0.3) is 0 Å². The highest BCUT2D eigenvalue weighted by molar-refractivity contribution is 9.10. The molecule has 0 aromatic carbocycles. The van der Waals surface area contributed by atoms with Crippen molar-refractivity contribution in [2.45, 2.75) is 52.1 Å². The van der Waals surface area contributed by atoms with Crippen molar-refractivity contribution in [3.63, 3.8) is 0 Å². The van der Waals surface area contributed by atoms with Crippen LogP contribution in [0.3, 0.4) is 0 Å². The Labute approximate surface area is 123 Å². The standard InChI is InChI=1S/C14H23BrN2O2/c1-4-7-17-9-11(15)8-12(17)13(19)16-14(5-2,6-3)10-18/h8-9,18H,4-7,10H2,1-3H3,(H,16,19). The number of aliphatic hydroxyl groups excluding tert-OH is 1. The average Bonchev–Trinajstić information content (AvgIpc) is 2.77. The van der Waals surface area contributed by atoms with Crippen LogP contribution in [0.15, 0.2) is 16.7 Å². The second kappa shape index (κ2) is 7.10. The molecule has 5 heteroatoms. The van der Waals surface area contributed by atoms with Gasteiger partial charge in [0.15, 0.2) is 0 Å². The summed E-state index contributed by atoms with van der Waals surface area (Å²) >= 11 is 3.40. The minimum Gasteiger partial charge on any atom is -0.394 e. The molecule has 0 saturated carbocycles. The molecular weight excluding hydrogens is 308 g/mol. The van der Waals surface area contributed by atoms with Gasteiger partial charge in [0, 0.05) is 17.2 Å². The summed E-state index contributed by atoms with van der Waals surface area (Å²) in [6, 6.07) is 1.82. The van der Waals surface area contributed by atoms with Gasteiger partial charge in [-0.2, -0.15) is 0 Å². The number of aryl methyl sites for hydroxylation is 1. The zero-order chi connectivity index (χ0) is 14.5. The molecule has 0 aliphatic carbocycles. The Balaban J connectivity index is 2.94. The predicted molar refractivity (Wildman–Crippen MR) is 80.3 cm³/mol. The molecule has 0 atom stereocenters. The van der Waals surface area contributed by atoms with Crippen molar-refractivity contribution in [1.82, 2.24) is 9.88 Å². The summed E-state index contributed by atoms with van der Waals surface area (Å²) in [5, 5.41) is 12.5. The molecule has 108 valence electrons. The smallest absolute Gasteiger partial charge is 0.268 e. The highest BCUT2D eigenvalue weighted by Gasteiger charge is 2.28. The number of amides is 1. The number of rotatable bonds is 7. The number of nitrogens with one attached hydrogen (secondary N) is 1. The average molecular weight is 331 g/mol. The van der Waals surface area contributed by atoms with Crippen molar-refractivity contribution in [1.29, 1.82) is 0 Å². The van der Waals surface area contributed by atoms with Crippen molar-refractivity contribution in [3.05, 3.63) is 22.4 Å². The first-order valence-electron chi connectivity index (χ1n) is 6.81. The fourth-order valence-corrected chi connectivity index (χ4v) is 2.55. The van der Waals surface area contributed by atoms with Crippen LogP contribution in [0, 0.1) is 0 Å². The highest BCUT2D eigenvalue weighted by atomic mass is 79.9. The fraction of sp³-hybridized carbons (Fsp3) is 0.643. The van der Waals surface area contributed by atoms with Crippen LogP contribution in [0.1, 0.15) is 50.5 Å². The van der Waals surface area contributed by atoms with Gasteiger partial charge in [-0.1, -0.05) is 20.8 Å². The molecular formula is C14H23BrN2O2. The van der Waals surface area contributed by atoms with E-state index in [4.69, 9.17) is 0 Å². The molecule has 1 amide bonds. The Morgan fingerprint density at radius 3 is 2.53 bits per heavy atom. The molecule has 0 unspecified atom stereocenters. The molecule has 19 heavy (non-hydrogen) atoms. The first-order chi connectivity index (χ1) is 9.01. The van der Waals surface area contributed by atoms with Crippen LogP contribution in [0.2, 0.25) is 0 Å². The lowest BCUT2D eigenvalue weighted by molar-refractivity contribution is 0.0808. The van der Waals surface area contributed by atoms with Crippen molar-refractivity contribution in [2.75, 3.05) is 6.61 Å². The third-order valence-corrected chi connectivity index (χ3v) is 4.03. The van der Waals surface area contributed by atoms with E-state index in [1.807, 2.05) is 30.7 Å². The van der Waals surface area contributed by atoms with Crippen LogP contribution >= 0.6 is 15.9 Å². The zero-order valence-electron chi connectivity index (χ0n) is 11.9. The number of nitrogens with zero attached hydrogens (tertiary/aromatic N) is 1. The summed E-state index contributed by atoms with van der Waals surface area (Å²) in [5.41, 5.74) is 0.110. The minimum atomic E-state index is -0.523. The lowest BCUT2D eigenvalue weighted by Gasteiger charge is -2.30. The molecule has 0 saturated heterocycles. The number of carbonyl (C=O) groups is 1. The van der Waals surface area contributed by atoms with E-state index in [0.29, 0.717) is 18.5 Å². The molecule has 0 aliphatic rings. The van der Waals surface area contributed by atoms with E-state index in [9.17, 15) is 9.90 Å². The van der Waals surface area contributed by atoms with Gasteiger partial charge in [-0.05, 0) is 41.3 Å². The summed E-state index contributed by atoms with van der Waals surface area (Å²) < 4.78 is 2.83. The second-order valence-corrected chi connectivity index (χ2v) is 5.75. The van der Waals surface area contributed by atoms with Crippen LogP contribution in [-0.2, 0) is 6.54 Å². The van der Waals surface area contributed by atoms with Gasteiger partial charge in [0.05, 0.1) is 12.1 Å². The molecule has 0 radical (unpaired) electrons. The topological polar surface area (TPSA) is 54.3 Å². The predicted octanol–water partition coefficient (Wildman–Crippen LogP) is 2.94. The Morgan fingerprint density at radius 1 is 1.42 bits per heavy atom. The molecule has 4 nitrogen and oxygen atoms in total. The quantitative estimate of drug-likeness (QED) is 0.807. The Bertz CT molecular complexity index is 417. The van der Waals surface area contributed by atoms with Crippen LogP contribution in [0.5, 0.6) is 0 Å². The minimum absolute atomic E-state index is 0.0403. The van der Waals surface area contributed by atoms with Gasteiger partial charge in [-0.25, -0.2) is 0 Å². The second-order valence-electron chi connectivity index (χ2n) is 4.84. The van der Waals surface area contributed by atoms with Gasteiger partial charge >= 0.3 is 0 Å². The first kappa shape index (κ1) is 16.2. The van der Waals surface area contributed by atoms with E-state index in [2.05, 4.69) is 28.2 Å². The molecule has 1 aromatic heterocycles. The van der Waals surface area contributed by atoms with E-state index in [0.717, 1.165) is 17.4 Å². The highest BCUT2D eigenvalue weighted by Crippen LogP contribution is 2.19. The van der Waals surface area contributed by atoms with E-state index < -0.39 is 5.54 Å². The van der Waals surface area contributed by atoms with Crippen LogP contribution < -0.4 is 5.32 Å². The lowest BCUT2D eigenvalue weighted by atomic mass is 9.93. The fourth-order valence-electron chi connectivity index (χ4n) is 2.09. The summed E-state index contributed by atoms with van der Waals surface area (Å²) in [4.78, 5) is 12.4. The van der Waals surface area contributed by atoms with Gasteiger partial charge < -0.3 is 15.0 Å². The molecule has 0 aliphatic heterocycles. The van der Waals surface area contributed by atoms with Crippen molar-refractivity contribution in [2.24, 2.45) is 0 Å². The number of aromatic nitrogens is 1. The summed E-state index contributed by atoms with van der Waals surface area (Å²) in [6.45, 7) is 6.79. The van der Waals surface area contributed by atoms with Crippen LogP contribution in [-0.4, -0.2) is 27.7 Å². The zero-order valence-corrected chi connectivity index (χ0v) is 13.5. The first-order valence-corrected chi connectivity index (χ1v) is 7.60. The maximum absolute atomic E-state index is 12.4. The number of hydrogen-bond donors (Lipinski definition) is 2. The van der Waals surface area contributed by atoms with Gasteiger partial charge in [0.1, 0.15) is 5.69 Å². The third-order valence-electron chi connectivity index (χ3n) is 3.60. The SMILES string of the molecule is CCCn1cc(Br)cc1C(=O)NC(CC)(CC)CO. The Kier molecular flexibility index (Phi) is 6.07. The van der Waals surface area contributed by atoms with Gasteiger partial charge in [-0.15, -0.1) is 0 Å². The lowest BCUT2D eigenvalue weighted by Crippen LogP contribution is -2.50. The number of carbonyl (C=O) groups excluding carboxylic acids is 1. The van der Waals surface area contributed by atoms with Crippen LogP contribution in [0.4, 0.5) is 0 Å². The number of halogens is 1. The summed E-state index contributed by atoms with van der Waals surface area (Å²) in [7, 11) is 0. The van der Waals surface area contributed by atoms with Crippen molar-refractivity contribution in [3.8, 4) is 0 Å². The van der Waals surface area contributed by atoms with E-state index >= 15 is 0 Å². The van der Waals surface area contributed by atoms with Gasteiger partial charge in [0.2, 0.25) is 0 Å². The Hall–Kier alpha value is -0.810. The van der Waals surface area contributed by atoms with Crippen molar-refractivity contribution >= 4 is 21.8 Å². The molecule has 1 heterocycles. The molecule has 0 spiro atoms. The maximum Gasteiger partial charge on any atom is 0.268 e. The summed E-state index contributed by atoms with van der Waals surface area (Å²) in [5.74, 6) is -0.128. The molecule has 1 rings (SSSR count). The number of aliphatic hydroxyl groups is 1. The van der Waals surface area contributed by atoms with Crippen molar-refractivity contribution < 1.29 is 9.90 Å². The normalized spacial score (nSPS) is 11.6. The van der Waals surface area contributed by atoms with E-state index in [-0.39, 0.29) is 12.5 Å². The molecule has 0 fully saturated rings. The summed E-state index contributed by atoms with van der Waals surface area (Å²) in [6.07, 6.45) is 4.30. The number of hydrogen-bond acceptors (Lipinski definition) is 2. The maximum atomic E-state index is 12.4. The van der Waals surface area contributed by atoms with Gasteiger partial charge in [-0.3, -0.25) is 4.79 Å². The van der Waals surface area contributed by atoms with E-state index in [1.165, 1.54) is 0 Å². The molecule has 1 aromatic rings. The molecule has 0 bridgehead atoms. The largest absolute Gasteiger partial charge is 0.394 e. The molecule has 2 N–H and O–H groups in total. The third kappa shape index (κ3) is 3.83.